The summed E-state index contributed by atoms with van der Waals surface area (Å²) in [6, 6.07) is 5.50. The Morgan fingerprint density at radius 3 is 2.19 bits per heavy atom. The Balaban J connectivity index is 2.56. The molecule has 0 saturated heterocycles. The van der Waals surface area contributed by atoms with E-state index in [-0.39, 0.29) is 24.3 Å². The summed E-state index contributed by atoms with van der Waals surface area (Å²) in [6.45, 7) is 5.24. The highest BCUT2D eigenvalue weighted by Crippen LogP contribution is 2.10. The second-order valence-electron chi connectivity index (χ2n) is 5.34. The van der Waals surface area contributed by atoms with Gasteiger partial charge in [-0.1, -0.05) is 26.0 Å². The number of hydrogen-bond acceptors (Lipinski definition) is 4. The van der Waals surface area contributed by atoms with E-state index in [2.05, 4.69) is 10.6 Å². The van der Waals surface area contributed by atoms with Gasteiger partial charge in [-0.15, -0.1) is 0 Å². The molecule has 116 valence electrons. The van der Waals surface area contributed by atoms with Crippen molar-refractivity contribution < 1.29 is 14.7 Å². The summed E-state index contributed by atoms with van der Waals surface area (Å²) in [5, 5.41) is 14.2. The second-order valence-corrected chi connectivity index (χ2v) is 5.34. The third-order valence-corrected chi connectivity index (χ3v) is 3.18. The third kappa shape index (κ3) is 5.17. The molecule has 1 unspecified atom stereocenters. The van der Waals surface area contributed by atoms with Crippen LogP contribution in [0.25, 0.3) is 0 Å². The van der Waals surface area contributed by atoms with Gasteiger partial charge in [0.05, 0.1) is 12.6 Å². The quantitative estimate of drug-likeness (QED) is 0.616. The predicted molar refractivity (Wildman–Crippen MR) is 81.4 cm³/mol. The molecule has 1 rings (SSSR count). The summed E-state index contributed by atoms with van der Waals surface area (Å²) in [5.74, 6) is -0.661. The number of nitrogens with one attached hydrogen (secondary N) is 2. The molecule has 5 N–H and O–H groups in total. The molecule has 21 heavy (non-hydrogen) atoms. The molecule has 0 aliphatic rings. The van der Waals surface area contributed by atoms with Crippen molar-refractivity contribution in [1.29, 1.82) is 0 Å². The van der Waals surface area contributed by atoms with Gasteiger partial charge in [-0.25, -0.2) is 0 Å². The van der Waals surface area contributed by atoms with Gasteiger partial charge in [0, 0.05) is 5.69 Å². The molecule has 1 aromatic rings. The first-order chi connectivity index (χ1) is 9.85. The van der Waals surface area contributed by atoms with Gasteiger partial charge in [-0.2, -0.15) is 0 Å². The molecule has 2 atom stereocenters. The largest absolute Gasteiger partial charge is 0.392 e. The van der Waals surface area contributed by atoms with Gasteiger partial charge < -0.3 is 21.5 Å². The van der Waals surface area contributed by atoms with E-state index in [4.69, 9.17) is 10.8 Å². The minimum absolute atomic E-state index is 0.00582. The molecular formula is C15H23N3O3. The molecule has 0 spiro atoms. The Labute approximate surface area is 124 Å². The van der Waals surface area contributed by atoms with Crippen LogP contribution in [-0.2, 0) is 16.2 Å². The number of carbonyl (C=O) groups excluding carboxylic acids is 2. The molecule has 0 aromatic heterocycles. The highest BCUT2D eigenvalue weighted by atomic mass is 16.3. The van der Waals surface area contributed by atoms with Crippen LogP contribution in [0.1, 0.15) is 26.3 Å². The highest BCUT2D eigenvalue weighted by molar-refractivity contribution is 5.97. The van der Waals surface area contributed by atoms with Crippen LogP contribution in [0.3, 0.4) is 0 Å². The van der Waals surface area contributed by atoms with Crippen molar-refractivity contribution >= 4 is 17.5 Å². The van der Waals surface area contributed by atoms with Gasteiger partial charge in [-0.3, -0.25) is 9.59 Å². The zero-order valence-electron chi connectivity index (χ0n) is 12.6. The second kappa shape index (κ2) is 7.75. The fourth-order valence-electron chi connectivity index (χ4n) is 1.62. The van der Waals surface area contributed by atoms with Crippen molar-refractivity contribution in [3.8, 4) is 0 Å². The normalized spacial score (nSPS) is 13.6. The lowest BCUT2D eigenvalue weighted by molar-refractivity contribution is -0.127. The van der Waals surface area contributed by atoms with Crippen molar-refractivity contribution in [1.82, 2.24) is 5.32 Å². The number of benzene rings is 1. The average Bonchev–Trinajstić information content (AvgIpc) is 2.46. The monoisotopic (exact) mass is 293 g/mol. The number of carbonyl (C=O) groups is 2. The average molecular weight is 293 g/mol. The maximum Gasteiger partial charge on any atom is 0.246 e. The van der Waals surface area contributed by atoms with Crippen molar-refractivity contribution in [2.45, 2.75) is 39.5 Å². The van der Waals surface area contributed by atoms with Crippen molar-refractivity contribution in [2.75, 3.05) is 5.32 Å². The lowest BCUT2D eigenvalue weighted by Gasteiger charge is -2.19. The fraction of sp³-hybridized carbons (Fsp3) is 0.467. The van der Waals surface area contributed by atoms with Gasteiger partial charge in [0.2, 0.25) is 11.8 Å². The van der Waals surface area contributed by atoms with Crippen LogP contribution in [0.5, 0.6) is 0 Å². The number of rotatable bonds is 6. The van der Waals surface area contributed by atoms with E-state index in [1.165, 1.54) is 0 Å². The Bertz CT molecular complexity index is 485. The van der Waals surface area contributed by atoms with Crippen molar-refractivity contribution in [3.05, 3.63) is 29.8 Å². The number of amides is 2. The third-order valence-electron chi connectivity index (χ3n) is 3.18. The van der Waals surface area contributed by atoms with Crippen LogP contribution >= 0.6 is 0 Å². The maximum atomic E-state index is 12.0. The number of nitrogens with two attached hydrogens (primary N) is 1. The number of hydrogen-bond donors (Lipinski definition) is 4. The highest BCUT2D eigenvalue weighted by Gasteiger charge is 2.22. The minimum Gasteiger partial charge on any atom is -0.392 e. The maximum absolute atomic E-state index is 12.0. The Morgan fingerprint density at radius 2 is 1.71 bits per heavy atom. The molecule has 0 saturated carbocycles. The lowest BCUT2D eigenvalue weighted by Crippen LogP contribution is -2.50. The number of aliphatic hydroxyl groups excluding tert-OH is 1. The van der Waals surface area contributed by atoms with Crippen LogP contribution < -0.4 is 16.4 Å². The first-order valence-electron chi connectivity index (χ1n) is 6.91. The Kier molecular flexibility index (Phi) is 6.33. The van der Waals surface area contributed by atoms with Gasteiger partial charge in [-0.05, 0) is 30.5 Å². The van der Waals surface area contributed by atoms with Gasteiger partial charge in [0.1, 0.15) is 6.04 Å². The molecule has 0 heterocycles. The van der Waals surface area contributed by atoms with Crippen LogP contribution in [0, 0.1) is 5.92 Å². The van der Waals surface area contributed by atoms with Gasteiger partial charge >= 0.3 is 0 Å². The summed E-state index contributed by atoms with van der Waals surface area (Å²) < 4.78 is 0. The van der Waals surface area contributed by atoms with E-state index >= 15 is 0 Å². The number of anilines is 1. The van der Waals surface area contributed by atoms with E-state index in [0.717, 1.165) is 5.56 Å². The topological polar surface area (TPSA) is 104 Å². The first-order valence-corrected chi connectivity index (χ1v) is 6.91. The molecular weight excluding hydrogens is 270 g/mol. The molecule has 0 aliphatic carbocycles. The van der Waals surface area contributed by atoms with E-state index < -0.39 is 12.1 Å². The van der Waals surface area contributed by atoms with Gasteiger partial charge in [0.25, 0.3) is 0 Å². The summed E-state index contributed by atoms with van der Waals surface area (Å²) in [6.07, 6.45) is 0. The fourth-order valence-corrected chi connectivity index (χ4v) is 1.62. The Morgan fingerprint density at radius 1 is 1.14 bits per heavy atom. The molecule has 0 bridgehead atoms. The van der Waals surface area contributed by atoms with Crippen LogP contribution in [0.4, 0.5) is 5.69 Å². The SMILES string of the molecule is CC(C)C(N)C(=O)N[C@@H](C)C(=O)Nc1ccc(CO)cc1. The zero-order valence-corrected chi connectivity index (χ0v) is 12.6. The van der Waals surface area contributed by atoms with Crippen molar-refractivity contribution in [3.63, 3.8) is 0 Å². The smallest absolute Gasteiger partial charge is 0.246 e. The Hall–Kier alpha value is -1.92. The summed E-state index contributed by atoms with van der Waals surface area (Å²) in [4.78, 5) is 23.8. The van der Waals surface area contributed by atoms with Gasteiger partial charge in [0.15, 0.2) is 0 Å². The predicted octanol–water partition coefficient (Wildman–Crippen LogP) is 0.605. The summed E-state index contributed by atoms with van der Waals surface area (Å²) >= 11 is 0. The molecule has 6 heteroatoms. The molecule has 2 amide bonds. The van der Waals surface area contributed by atoms with E-state index in [1.54, 1.807) is 31.2 Å². The molecule has 0 aliphatic heterocycles. The number of aliphatic hydroxyl groups is 1. The van der Waals surface area contributed by atoms with E-state index in [1.807, 2.05) is 13.8 Å². The zero-order chi connectivity index (χ0) is 16.0. The van der Waals surface area contributed by atoms with Crippen LogP contribution in [-0.4, -0.2) is 29.0 Å². The lowest BCUT2D eigenvalue weighted by atomic mass is 10.0. The van der Waals surface area contributed by atoms with E-state index in [9.17, 15) is 9.59 Å². The first kappa shape index (κ1) is 17.1. The van der Waals surface area contributed by atoms with Crippen molar-refractivity contribution in [2.24, 2.45) is 11.7 Å². The van der Waals surface area contributed by atoms with Crippen LogP contribution in [0.2, 0.25) is 0 Å². The summed E-state index contributed by atoms with van der Waals surface area (Å²) in [5.41, 5.74) is 7.09. The minimum atomic E-state index is -0.681. The van der Waals surface area contributed by atoms with Crippen LogP contribution in [0.15, 0.2) is 24.3 Å². The molecule has 0 fully saturated rings. The standard InChI is InChI=1S/C15H23N3O3/c1-9(2)13(16)15(21)17-10(3)14(20)18-12-6-4-11(8-19)5-7-12/h4-7,9-10,13,19H,8,16H2,1-3H3,(H,17,21)(H,18,20)/t10-,13?/m0/s1. The molecule has 0 radical (unpaired) electrons. The molecule has 1 aromatic carbocycles. The molecule has 6 nitrogen and oxygen atoms in total. The van der Waals surface area contributed by atoms with E-state index in [0.29, 0.717) is 5.69 Å². The summed E-state index contributed by atoms with van der Waals surface area (Å²) in [7, 11) is 0.